The molecular weight excluding hydrogens is 234 g/mol. The first-order valence-electron chi connectivity index (χ1n) is 6.03. The van der Waals surface area contributed by atoms with Gasteiger partial charge in [-0.05, 0) is 48.9 Å². The number of nitrogens with two attached hydrogens (primary N) is 1. The van der Waals surface area contributed by atoms with Crippen molar-refractivity contribution < 1.29 is 8.42 Å². The third kappa shape index (κ3) is 2.69. The molecule has 0 aromatic heterocycles. The Bertz CT molecular complexity index is 487. The van der Waals surface area contributed by atoms with Gasteiger partial charge in [-0.15, -0.1) is 0 Å². The standard InChI is InChI=1S/C13H19NO2S/c1-2-17(15,16)12-5-3-11(4-6-12)9-13(10-14)7-8-13/h3-6H,2,7-10,14H2,1H3. The largest absolute Gasteiger partial charge is 0.330 e. The van der Waals surface area contributed by atoms with E-state index in [1.807, 2.05) is 12.1 Å². The third-order valence-corrected chi connectivity index (χ3v) is 5.38. The second-order valence-corrected chi connectivity index (χ2v) is 7.21. The fourth-order valence-corrected chi connectivity index (χ4v) is 2.93. The van der Waals surface area contributed by atoms with Crippen LogP contribution in [0.15, 0.2) is 29.2 Å². The summed E-state index contributed by atoms with van der Waals surface area (Å²) in [4.78, 5) is 0.418. The molecular formula is C13H19NO2S. The van der Waals surface area contributed by atoms with Crippen LogP contribution in [-0.4, -0.2) is 20.7 Å². The maximum absolute atomic E-state index is 11.6. The second-order valence-electron chi connectivity index (χ2n) is 4.93. The lowest BCUT2D eigenvalue weighted by Gasteiger charge is -2.12. The first kappa shape index (κ1) is 12.6. The van der Waals surface area contributed by atoms with Gasteiger partial charge in [-0.2, -0.15) is 0 Å². The van der Waals surface area contributed by atoms with E-state index in [1.54, 1.807) is 19.1 Å². The predicted octanol–water partition coefficient (Wildman–Crippen LogP) is 1.76. The SMILES string of the molecule is CCS(=O)(=O)c1ccc(CC2(CN)CC2)cc1. The maximum atomic E-state index is 11.6. The van der Waals surface area contributed by atoms with Gasteiger partial charge in [0.05, 0.1) is 10.6 Å². The number of hydrogen-bond acceptors (Lipinski definition) is 3. The minimum absolute atomic E-state index is 0.152. The predicted molar refractivity (Wildman–Crippen MR) is 68.6 cm³/mol. The average Bonchev–Trinajstić information content (AvgIpc) is 3.10. The molecule has 0 aliphatic heterocycles. The van der Waals surface area contributed by atoms with E-state index >= 15 is 0 Å². The first-order valence-corrected chi connectivity index (χ1v) is 7.68. The molecule has 4 heteroatoms. The fourth-order valence-electron chi connectivity index (χ4n) is 2.04. The Balaban J connectivity index is 2.14. The summed E-state index contributed by atoms with van der Waals surface area (Å²) in [6.07, 6.45) is 3.35. The van der Waals surface area contributed by atoms with Crippen molar-refractivity contribution in [2.45, 2.75) is 31.1 Å². The summed E-state index contributed by atoms with van der Waals surface area (Å²) in [5.74, 6) is 0.152. The molecule has 0 heterocycles. The van der Waals surface area contributed by atoms with Crippen LogP contribution in [0.3, 0.4) is 0 Å². The number of benzene rings is 1. The van der Waals surface area contributed by atoms with E-state index in [2.05, 4.69) is 0 Å². The summed E-state index contributed by atoms with van der Waals surface area (Å²) in [5, 5.41) is 0. The zero-order valence-corrected chi connectivity index (χ0v) is 11.0. The van der Waals surface area contributed by atoms with Crippen molar-refractivity contribution in [3.8, 4) is 0 Å². The zero-order chi connectivity index (χ0) is 12.5. The van der Waals surface area contributed by atoms with Gasteiger partial charge < -0.3 is 5.73 Å². The quantitative estimate of drug-likeness (QED) is 0.870. The fraction of sp³-hybridized carbons (Fsp3) is 0.538. The molecule has 1 aliphatic rings. The molecule has 94 valence electrons. The Morgan fingerprint density at radius 1 is 1.24 bits per heavy atom. The summed E-state index contributed by atoms with van der Waals surface area (Å²) >= 11 is 0. The zero-order valence-electron chi connectivity index (χ0n) is 10.1. The molecule has 3 nitrogen and oxygen atoms in total. The molecule has 0 saturated heterocycles. The Labute approximate surface area is 103 Å². The number of rotatable bonds is 5. The second kappa shape index (κ2) is 4.42. The van der Waals surface area contributed by atoms with E-state index in [1.165, 1.54) is 18.4 Å². The lowest BCUT2D eigenvalue weighted by molar-refractivity contribution is 0.521. The molecule has 0 atom stereocenters. The van der Waals surface area contributed by atoms with Gasteiger partial charge >= 0.3 is 0 Å². The van der Waals surface area contributed by atoms with Crippen molar-refractivity contribution in [1.29, 1.82) is 0 Å². The van der Waals surface area contributed by atoms with Crippen LogP contribution in [0.5, 0.6) is 0 Å². The van der Waals surface area contributed by atoms with Gasteiger partial charge in [0.1, 0.15) is 0 Å². The first-order chi connectivity index (χ1) is 8.01. The average molecular weight is 253 g/mol. The van der Waals surface area contributed by atoms with Crippen LogP contribution in [-0.2, 0) is 16.3 Å². The summed E-state index contributed by atoms with van der Waals surface area (Å²) < 4.78 is 23.3. The molecule has 1 aromatic rings. The summed E-state index contributed by atoms with van der Waals surface area (Å²) in [5.41, 5.74) is 7.22. The highest BCUT2D eigenvalue weighted by Crippen LogP contribution is 2.47. The van der Waals surface area contributed by atoms with E-state index in [0.717, 1.165) is 13.0 Å². The molecule has 1 saturated carbocycles. The molecule has 0 bridgehead atoms. The molecule has 17 heavy (non-hydrogen) atoms. The summed E-state index contributed by atoms with van der Waals surface area (Å²) in [6, 6.07) is 7.25. The van der Waals surface area contributed by atoms with Gasteiger partial charge in [0.15, 0.2) is 9.84 Å². The smallest absolute Gasteiger partial charge is 0.178 e. The topological polar surface area (TPSA) is 60.2 Å². The van der Waals surface area contributed by atoms with Crippen LogP contribution in [0.1, 0.15) is 25.3 Å². The molecule has 0 amide bonds. The van der Waals surface area contributed by atoms with E-state index in [4.69, 9.17) is 5.73 Å². The van der Waals surface area contributed by atoms with E-state index in [-0.39, 0.29) is 5.75 Å². The minimum Gasteiger partial charge on any atom is -0.330 e. The highest BCUT2D eigenvalue weighted by Gasteiger charge is 2.40. The van der Waals surface area contributed by atoms with Gasteiger partial charge in [0.25, 0.3) is 0 Å². The number of sulfone groups is 1. The van der Waals surface area contributed by atoms with Crippen molar-refractivity contribution in [2.24, 2.45) is 11.1 Å². The lowest BCUT2D eigenvalue weighted by atomic mass is 9.97. The highest BCUT2D eigenvalue weighted by molar-refractivity contribution is 7.91. The molecule has 0 unspecified atom stereocenters. The third-order valence-electron chi connectivity index (χ3n) is 3.63. The minimum atomic E-state index is -3.07. The van der Waals surface area contributed by atoms with Crippen molar-refractivity contribution >= 4 is 9.84 Å². The van der Waals surface area contributed by atoms with Crippen molar-refractivity contribution in [3.63, 3.8) is 0 Å². The summed E-state index contributed by atoms with van der Waals surface area (Å²) in [6.45, 7) is 2.39. The van der Waals surface area contributed by atoms with Gasteiger partial charge in [-0.25, -0.2) is 8.42 Å². The van der Waals surface area contributed by atoms with Crippen molar-refractivity contribution in [3.05, 3.63) is 29.8 Å². The molecule has 1 aliphatic carbocycles. The Hall–Kier alpha value is -0.870. The van der Waals surface area contributed by atoms with Crippen LogP contribution >= 0.6 is 0 Å². The van der Waals surface area contributed by atoms with Gasteiger partial charge in [-0.3, -0.25) is 0 Å². The molecule has 1 aromatic carbocycles. The molecule has 2 N–H and O–H groups in total. The van der Waals surface area contributed by atoms with Crippen molar-refractivity contribution in [1.82, 2.24) is 0 Å². The van der Waals surface area contributed by atoms with Gasteiger partial charge in [-0.1, -0.05) is 19.1 Å². The van der Waals surface area contributed by atoms with E-state index in [0.29, 0.717) is 10.3 Å². The van der Waals surface area contributed by atoms with E-state index in [9.17, 15) is 8.42 Å². The molecule has 2 rings (SSSR count). The van der Waals surface area contributed by atoms with Crippen LogP contribution in [0.25, 0.3) is 0 Å². The molecule has 1 fully saturated rings. The van der Waals surface area contributed by atoms with E-state index < -0.39 is 9.84 Å². The Kier molecular flexibility index (Phi) is 3.27. The molecule has 0 radical (unpaired) electrons. The monoisotopic (exact) mass is 253 g/mol. The molecule has 0 spiro atoms. The van der Waals surface area contributed by atoms with Crippen LogP contribution in [0.2, 0.25) is 0 Å². The lowest BCUT2D eigenvalue weighted by Crippen LogP contribution is -2.17. The van der Waals surface area contributed by atoms with Gasteiger partial charge in [0, 0.05) is 0 Å². The summed E-state index contributed by atoms with van der Waals surface area (Å²) in [7, 11) is -3.07. The Morgan fingerprint density at radius 2 is 1.82 bits per heavy atom. The maximum Gasteiger partial charge on any atom is 0.178 e. The van der Waals surface area contributed by atoms with Crippen LogP contribution < -0.4 is 5.73 Å². The number of hydrogen-bond donors (Lipinski definition) is 1. The van der Waals surface area contributed by atoms with Crippen LogP contribution in [0.4, 0.5) is 0 Å². The normalized spacial score (nSPS) is 18.0. The van der Waals surface area contributed by atoms with Crippen molar-refractivity contribution in [2.75, 3.05) is 12.3 Å². The highest BCUT2D eigenvalue weighted by atomic mass is 32.2. The van der Waals surface area contributed by atoms with Gasteiger partial charge in [0.2, 0.25) is 0 Å². The Morgan fingerprint density at radius 3 is 2.24 bits per heavy atom. The van der Waals surface area contributed by atoms with Crippen LogP contribution in [0, 0.1) is 5.41 Å².